The molecule has 1 aromatic heterocycles. The summed E-state index contributed by atoms with van der Waals surface area (Å²) in [6.07, 6.45) is -0.488. The molecule has 6 fully saturated rings. The van der Waals surface area contributed by atoms with Crippen molar-refractivity contribution in [3.63, 3.8) is 0 Å². The molecule has 14 atom stereocenters. The Balaban J connectivity index is 1.24. The van der Waals surface area contributed by atoms with Crippen molar-refractivity contribution in [3.05, 3.63) is 34.4 Å². The van der Waals surface area contributed by atoms with Crippen LogP contribution in [0.1, 0.15) is 69.8 Å². The predicted molar refractivity (Wildman–Crippen MR) is 139 cm³/mol. The van der Waals surface area contributed by atoms with Crippen molar-refractivity contribution in [1.29, 1.82) is 0 Å². The Labute approximate surface area is 237 Å². The molecule has 5 N–H and O–H groups in total. The van der Waals surface area contributed by atoms with Crippen LogP contribution in [0.3, 0.4) is 0 Å². The van der Waals surface area contributed by atoms with Gasteiger partial charge in [0.15, 0.2) is 6.29 Å². The summed E-state index contributed by atoms with van der Waals surface area (Å²) in [7, 11) is 0. The van der Waals surface area contributed by atoms with Gasteiger partial charge in [-0.2, -0.15) is 0 Å². The maximum absolute atomic E-state index is 13.4. The Morgan fingerprint density at radius 2 is 1.76 bits per heavy atom. The minimum absolute atomic E-state index is 0.00420. The molecule has 4 aliphatic carbocycles. The lowest BCUT2D eigenvalue weighted by molar-refractivity contribution is -0.356. The highest BCUT2D eigenvalue weighted by Crippen LogP contribution is 2.73. The second kappa shape index (κ2) is 9.40. The second-order valence-corrected chi connectivity index (χ2v) is 13.6. The SMILES string of the molecule is C[C@]12CC[C@@H]3[C@H](CC[C@]4(O[C@@H]5O[C@H](CO)[C@@H](O)[C@H](O)[C@H]5O)[C@H]5O[C@H]5CC[C@]34C=O)[C@]1(O)CC[C@@H]2c1ccc(=O)oc1. The second-order valence-electron chi connectivity index (χ2n) is 13.6. The van der Waals surface area contributed by atoms with E-state index < -0.39 is 71.1 Å². The molecule has 11 heteroatoms. The van der Waals surface area contributed by atoms with Crippen LogP contribution in [0.25, 0.3) is 0 Å². The van der Waals surface area contributed by atoms with Crippen LogP contribution >= 0.6 is 0 Å². The first kappa shape index (κ1) is 28.1. The minimum Gasteiger partial charge on any atom is -0.431 e. The standard InChI is InChI=1S/C30H40O11/c1-27-8-4-17-18(29(27,37)10-5-16(27)15-2-3-21(33)38-13-15)6-11-30(25-19(39-25)7-9-28(17,30)14-32)41-26-24(36)23(35)22(34)20(12-31)40-26/h2-3,13-14,16-20,22-26,31,34-37H,4-12H2,1H3/t16-,17-,18+,19+,20-,22-,23+,24-,25+,26+,27-,28+,29-,30+/m1/s1. The minimum atomic E-state index is -1.60. The summed E-state index contributed by atoms with van der Waals surface area (Å²) >= 11 is 0. The Bertz CT molecular complexity index is 1230. The number of hydrogen-bond donors (Lipinski definition) is 5. The lowest BCUT2D eigenvalue weighted by Crippen LogP contribution is -2.72. The number of carbonyl (C=O) groups excluding carboxylic acids is 1. The van der Waals surface area contributed by atoms with E-state index >= 15 is 0 Å². The molecule has 2 aliphatic heterocycles. The van der Waals surface area contributed by atoms with Gasteiger partial charge in [0.25, 0.3) is 0 Å². The number of aliphatic hydroxyl groups is 5. The molecular weight excluding hydrogens is 536 g/mol. The highest BCUT2D eigenvalue weighted by atomic mass is 16.7. The van der Waals surface area contributed by atoms with E-state index in [0.29, 0.717) is 44.9 Å². The fourth-order valence-electron chi connectivity index (χ4n) is 10.1. The van der Waals surface area contributed by atoms with Crippen LogP contribution in [-0.4, -0.2) is 92.5 Å². The largest absolute Gasteiger partial charge is 0.431 e. The Morgan fingerprint density at radius 3 is 2.46 bits per heavy atom. The molecule has 0 radical (unpaired) electrons. The summed E-state index contributed by atoms with van der Waals surface area (Å²) in [6, 6.07) is 3.21. The molecule has 0 spiro atoms. The van der Waals surface area contributed by atoms with E-state index in [1.807, 2.05) is 0 Å². The van der Waals surface area contributed by atoms with E-state index in [0.717, 1.165) is 18.3 Å². The zero-order valence-corrected chi connectivity index (χ0v) is 23.1. The zero-order valence-electron chi connectivity index (χ0n) is 23.1. The van der Waals surface area contributed by atoms with Gasteiger partial charge < -0.3 is 49.0 Å². The number of aldehydes is 1. The van der Waals surface area contributed by atoms with Gasteiger partial charge >= 0.3 is 5.63 Å². The maximum atomic E-state index is 13.4. The first-order valence-electron chi connectivity index (χ1n) is 15.0. The molecule has 41 heavy (non-hydrogen) atoms. The fraction of sp³-hybridized carbons (Fsp3) is 0.800. The first-order valence-corrected chi connectivity index (χ1v) is 15.0. The van der Waals surface area contributed by atoms with Crippen molar-refractivity contribution in [2.75, 3.05) is 6.61 Å². The number of ether oxygens (including phenoxy) is 3. The molecule has 0 bridgehead atoms. The number of rotatable bonds is 5. The van der Waals surface area contributed by atoms with Crippen molar-refractivity contribution in [1.82, 2.24) is 0 Å². The van der Waals surface area contributed by atoms with Crippen LogP contribution < -0.4 is 5.63 Å². The maximum Gasteiger partial charge on any atom is 0.335 e. The molecule has 11 nitrogen and oxygen atoms in total. The van der Waals surface area contributed by atoms with E-state index in [9.17, 15) is 35.1 Å². The van der Waals surface area contributed by atoms with Crippen LogP contribution in [0, 0.1) is 22.7 Å². The monoisotopic (exact) mass is 576 g/mol. The van der Waals surface area contributed by atoms with E-state index in [2.05, 4.69) is 6.92 Å². The van der Waals surface area contributed by atoms with Gasteiger partial charge in [-0.15, -0.1) is 0 Å². The third kappa shape index (κ3) is 3.61. The molecule has 0 unspecified atom stereocenters. The number of carbonyl (C=O) groups is 1. The summed E-state index contributed by atoms with van der Waals surface area (Å²) in [6.45, 7) is 1.54. The van der Waals surface area contributed by atoms with Gasteiger partial charge in [0, 0.05) is 11.5 Å². The molecule has 0 aromatic carbocycles. The zero-order chi connectivity index (χ0) is 28.9. The molecule has 2 saturated heterocycles. The van der Waals surface area contributed by atoms with Crippen molar-refractivity contribution in [3.8, 4) is 0 Å². The van der Waals surface area contributed by atoms with Gasteiger partial charge in [-0.3, -0.25) is 0 Å². The van der Waals surface area contributed by atoms with Crippen LogP contribution in [0.2, 0.25) is 0 Å². The highest BCUT2D eigenvalue weighted by Gasteiger charge is 2.77. The summed E-state index contributed by atoms with van der Waals surface area (Å²) < 4.78 is 23.6. The van der Waals surface area contributed by atoms with Gasteiger partial charge in [0.05, 0.1) is 30.0 Å². The molecule has 1 aromatic rings. The highest BCUT2D eigenvalue weighted by molar-refractivity contribution is 5.65. The number of epoxide rings is 1. The molecule has 4 saturated carbocycles. The molecule has 226 valence electrons. The van der Waals surface area contributed by atoms with Crippen molar-refractivity contribution in [2.24, 2.45) is 22.7 Å². The summed E-state index contributed by atoms with van der Waals surface area (Å²) in [4.78, 5) is 25.0. The van der Waals surface area contributed by atoms with Gasteiger partial charge in [-0.1, -0.05) is 6.92 Å². The average molecular weight is 577 g/mol. The lowest BCUT2D eigenvalue weighted by atomic mass is 9.41. The average Bonchev–Trinajstić information content (AvgIpc) is 3.72. The Morgan fingerprint density at radius 1 is 0.976 bits per heavy atom. The molecule has 7 rings (SSSR count). The van der Waals surface area contributed by atoms with E-state index in [1.54, 1.807) is 6.07 Å². The third-order valence-corrected chi connectivity index (χ3v) is 12.3. The Hall–Kier alpha value is -1.70. The molecule has 0 amide bonds. The smallest absolute Gasteiger partial charge is 0.335 e. The van der Waals surface area contributed by atoms with Gasteiger partial charge in [-0.25, -0.2) is 4.79 Å². The predicted octanol–water partition coefficient (Wildman–Crippen LogP) is 0.376. The van der Waals surface area contributed by atoms with Crippen LogP contribution in [0.5, 0.6) is 0 Å². The Kier molecular flexibility index (Phi) is 6.44. The summed E-state index contributed by atoms with van der Waals surface area (Å²) in [5.74, 6) is -0.396. The fourth-order valence-corrected chi connectivity index (χ4v) is 10.1. The molecular formula is C30H40O11. The van der Waals surface area contributed by atoms with Crippen LogP contribution in [-0.2, 0) is 19.0 Å². The van der Waals surface area contributed by atoms with Crippen LogP contribution in [0.15, 0.2) is 27.6 Å². The first-order chi connectivity index (χ1) is 19.5. The van der Waals surface area contributed by atoms with Crippen molar-refractivity contribution >= 4 is 6.29 Å². The normalized spacial score (nSPS) is 53.9. The van der Waals surface area contributed by atoms with E-state index in [-0.39, 0.29) is 23.9 Å². The van der Waals surface area contributed by atoms with Crippen molar-refractivity contribution in [2.45, 2.75) is 118 Å². The van der Waals surface area contributed by atoms with Crippen LogP contribution in [0.4, 0.5) is 0 Å². The van der Waals surface area contributed by atoms with Gasteiger partial charge in [-0.05, 0) is 80.8 Å². The number of aliphatic hydroxyl groups excluding tert-OH is 4. The topological polar surface area (TPSA) is 179 Å². The lowest BCUT2D eigenvalue weighted by Gasteiger charge is -2.65. The van der Waals surface area contributed by atoms with E-state index in [4.69, 9.17) is 18.6 Å². The molecule has 3 heterocycles. The van der Waals surface area contributed by atoms with Crippen molar-refractivity contribution < 1.29 is 49.0 Å². The number of fused-ring (bicyclic) bond motifs is 7. The third-order valence-electron chi connectivity index (χ3n) is 12.3. The van der Waals surface area contributed by atoms with Gasteiger partial charge in [0.1, 0.15) is 42.4 Å². The summed E-state index contributed by atoms with van der Waals surface area (Å²) in [5, 5.41) is 53.9. The van der Waals surface area contributed by atoms with Gasteiger partial charge in [0.2, 0.25) is 0 Å². The quantitative estimate of drug-likeness (QED) is 0.186. The summed E-state index contributed by atoms with van der Waals surface area (Å²) in [5.41, 5.74) is -3.23. The van der Waals surface area contributed by atoms with E-state index in [1.165, 1.54) is 12.3 Å². The molecule has 6 aliphatic rings. The number of hydrogen-bond acceptors (Lipinski definition) is 11.